The maximum absolute atomic E-state index is 12.8. The number of hydrogen-bond donors (Lipinski definition) is 1. The quantitative estimate of drug-likeness (QED) is 0.779. The minimum Gasteiger partial charge on any atom is -0.462 e. The van der Waals surface area contributed by atoms with Crippen LogP contribution in [0.1, 0.15) is 40.5 Å². The zero-order chi connectivity index (χ0) is 18.5. The van der Waals surface area contributed by atoms with Crippen molar-refractivity contribution in [3.05, 3.63) is 12.2 Å². The van der Waals surface area contributed by atoms with Crippen molar-refractivity contribution in [2.45, 2.75) is 58.8 Å². The molecule has 0 amide bonds. The third kappa shape index (κ3) is 2.80. The van der Waals surface area contributed by atoms with E-state index in [2.05, 4.69) is 0 Å². The van der Waals surface area contributed by atoms with Crippen molar-refractivity contribution in [2.75, 3.05) is 0 Å². The number of aliphatic hydroxyl groups is 1. The molecule has 3 rings (SSSR count). The third-order valence-electron chi connectivity index (χ3n) is 6.19. The predicted octanol–water partition coefficient (Wildman–Crippen LogP) is 1.65. The van der Waals surface area contributed by atoms with Crippen LogP contribution in [0.5, 0.6) is 0 Å². The molecule has 2 fully saturated rings. The van der Waals surface area contributed by atoms with Gasteiger partial charge in [-0.25, -0.2) is 0 Å². The molecular weight excluding hydrogens is 324 g/mol. The molecule has 1 heterocycles. The van der Waals surface area contributed by atoms with Crippen LogP contribution in [-0.2, 0) is 23.9 Å². The zero-order valence-electron chi connectivity index (χ0n) is 15.1. The number of ether oxygens (including phenoxy) is 2. The Labute approximate surface area is 147 Å². The van der Waals surface area contributed by atoms with Crippen LogP contribution < -0.4 is 0 Å². The Balaban J connectivity index is 2.08. The van der Waals surface area contributed by atoms with Crippen molar-refractivity contribution >= 4 is 17.7 Å². The van der Waals surface area contributed by atoms with E-state index in [1.165, 1.54) is 6.92 Å². The molecule has 8 atom stereocenters. The number of carbonyl (C=O) groups excluding carboxylic acids is 3. The summed E-state index contributed by atoms with van der Waals surface area (Å²) in [7, 11) is 0. The standard InChI is InChI=1S/C19H26O6/c1-9-7-14-16(12(8-10(2)20)18(23)25-14)17(24-11(3)21)19(4)13(9)5-6-15(19)22/h5-6,9-10,12-14,16-17,20H,7-8H2,1-4H3. The normalized spacial score (nSPS) is 43.9. The molecule has 1 N–H and O–H groups in total. The second-order valence-corrected chi connectivity index (χ2v) is 8.02. The van der Waals surface area contributed by atoms with Crippen molar-refractivity contribution in [3.63, 3.8) is 0 Å². The first-order valence-electron chi connectivity index (χ1n) is 8.94. The SMILES string of the molecule is CC(=O)OC1C2C(CC(C)C3C=CC(=O)C31C)OC(=O)C2CC(C)O. The Morgan fingerprint density at radius 1 is 1.48 bits per heavy atom. The van der Waals surface area contributed by atoms with Crippen LogP contribution in [0.3, 0.4) is 0 Å². The predicted molar refractivity (Wildman–Crippen MR) is 88.2 cm³/mol. The molecule has 8 unspecified atom stereocenters. The molecule has 6 nitrogen and oxygen atoms in total. The molecule has 25 heavy (non-hydrogen) atoms. The number of allylic oxidation sites excluding steroid dienone is 2. The Bertz CT molecular complexity index is 623. The molecular formula is C19H26O6. The van der Waals surface area contributed by atoms with E-state index in [9.17, 15) is 19.5 Å². The molecule has 0 aromatic carbocycles. The molecule has 0 radical (unpaired) electrons. The van der Waals surface area contributed by atoms with Crippen molar-refractivity contribution in [1.82, 2.24) is 0 Å². The van der Waals surface area contributed by atoms with Crippen LogP contribution in [-0.4, -0.2) is 41.1 Å². The van der Waals surface area contributed by atoms with Gasteiger partial charge in [-0.05, 0) is 44.6 Å². The maximum Gasteiger partial charge on any atom is 0.309 e. The number of rotatable bonds is 3. The van der Waals surface area contributed by atoms with Crippen LogP contribution in [0.15, 0.2) is 12.2 Å². The first kappa shape index (κ1) is 18.1. The fourth-order valence-electron chi connectivity index (χ4n) is 5.10. The lowest BCUT2D eigenvalue weighted by Gasteiger charge is -2.40. The largest absolute Gasteiger partial charge is 0.462 e. The van der Waals surface area contributed by atoms with E-state index in [-0.39, 0.29) is 30.0 Å². The summed E-state index contributed by atoms with van der Waals surface area (Å²) in [5.41, 5.74) is -0.907. The Kier molecular flexibility index (Phi) is 4.52. The Hall–Kier alpha value is -1.69. The number of hydrogen-bond acceptors (Lipinski definition) is 6. The van der Waals surface area contributed by atoms with E-state index < -0.39 is 41.5 Å². The number of fused-ring (bicyclic) bond motifs is 2. The van der Waals surface area contributed by atoms with Gasteiger partial charge in [0.1, 0.15) is 12.2 Å². The zero-order valence-corrected chi connectivity index (χ0v) is 15.1. The van der Waals surface area contributed by atoms with E-state index in [1.807, 2.05) is 19.9 Å². The molecule has 0 aromatic heterocycles. The van der Waals surface area contributed by atoms with Gasteiger partial charge < -0.3 is 14.6 Å². The van der Waals surface area contributed by atoms with Gasteiger partial charge in [-0.2, -0.15) is 0 Å². The van der Waals surface area contributed by atoms with Gasteiger partial charge in [0.15, 0.2) is 5.78 Å². The first-order chi connectivity index (χ1) is 11.7. The summed E-state index contributed by atoms with van der Waals surface area (Å²) in [5.74, 6) is -1.89. The lowest BCUT2D eigenvalue weighted by Crippen LogP contribution is -2.50. The second-order valence-electron chi connectivity index (χ2n) is 8.02. The molecule has 0 spiro atoms. The lowest BCUT2D eigenvalue weighted by atomic mass is 9.66. The average Bonchev–Trinajstić information content (AvgIpc) is 2.92. The van der Waals surface area contributed by atoms with E-state index in [0.29, 0.717) is 6.42 Å². The number of ketones is 1. The number of carbonyl (C=O) groups is 3. The number of aliphatic hydroxyl groups excluding tert-OH is 1. The van der Waals surface area contributed by atoms with Crippen LogP contribution in [0, 0.1) is 29.1 Å². The average molecular weight is 350 g/mol. The van der Waals surface area contributed by atoms with Crippen molar-refractivity contribution in [1.29, 1.82) is 0 Å². The van der Waals surface area contributed by atoms with Crippen LogP contribution in [0.2, 0.25) is 0 Å². The van der Waals surface area contributed by atoms with Gasteiger partial charge in [-0.1, -0.05) is 13.0 Å². The van der Waals surface area contributed by atoms with Crippen LogP contribution in [0.25, 0.3) is 0 Å². The van der Waals surface area contributed by atoms with Gasteiger partial charge in [0.2, 0.25) is 0 Å². The summed E-state index contributed by atoms with van der Waals surface area (Å²) in [6, 6.07) is 0. The monoisotopic (exact) mass is 350 g/mol. The van der Waals surface area contributed by atoms with Gasteiger partial charge in [0.25, 0.3) is 0 Å². The lowest BCUT2D eigenvalue weighted by molar-refractivity contribution is -0.165. The summed E-state index contributed by atoms with van der Waals surface area (Å²) in [4.78, 5) is 37.0. The Morgan fingerprint density at radius 3 is 2.76 bits per heavy atom. The highest BCUT2D eigenvalue weighted by molar-refractivity contribution is 5.98. The summed E-state index contributed by atoms with van der Waals surface area (Å²) in [6.45, 7) is 6.80. The highest BCUT2D eigenvalue weighted by atomic mass is 16.6. The highest BCUT2D eigenvalue weighted by Gasteiger charge is 2.63. The summed E-state index contributed by atoms with van der Waals surface area (Å²) in [6.07, 6.45) is 2.48. The fraction of sp³-hybridized carbons (Fsp3) is 0.737. The van der Waals surface area contributed by atoms with Crippen molar-refractivity contribution in [2.24, 2.45) is 29.1 Å². The molecule has 1 saturated carbocycles. The van der Waals surface area contributed by atoms with Gasteiger partial charge >= 0.3 is 11.9 Å². The molecule has 1 aliphatic heterocycles. The van der Waals surface area contributed by atoms with Gasteiger partial charge in [0, 0.05) is 12.8 Å². The summed E-state index contributed by atoms with van der Waals surface area (Å²) < 4.78 is 11.3. The van der Waals surface area contributed by atoms with Crippen LogP contribution >= 0.6 is 0 Å². The third-order valence-corrected chi connectivity index (χ3v) is 6.19. The minimum absolute atomic E-state index is 0.0687. The summed E-state index contributed by atoms with van der Waals surface area (Å²) >= 11 is 0. The molecule has 6 heteroatoms. The molecule has 138 valence electrons. The maximum atomic E-state index is 12.8. The van der Waals surface area contributed by atoms with Crippen LogP contribution in [0.4, 0.5) is 0 Å². The molecule has 0 aromatic rings. The topological polar surface area (TPSA) is 89.9 Å². The smallest absolute Gasteiger partial charge is 0.309 e. The van der Waals surface area contributed by atoms with Crippen molar-refractivity contribution < 1.29 is 29.0 Å². The van der Waals surface area contributed by atoms with Crippen molar-refractivity contribution in [3.8, 4) is 0 Å². The Morgan fingerprint density at radius 2 is 2.16 bits per heavy atom. The molecule has 2 aliphatic carbocycles. The van der Waals surface area contributed by atoms with Gasteiger partial charge in [-0.15, -0.1) is 0 Å². The van der Waals surface area contributed by atoms with E-state index >= 15 is 0 Å². The highest BCUT2D eigenvalue weighted by Crippen LogP contribution is 2.55. The van der Waals surface area contributed by atoms with E-state index in [1.54, 1.807) is 13.0 Å². The van der Waals surface area contributed by atoms with Gasteiger partial charge in [-0.3, -0.25) is 14.4 Å². The second kappa shape index (κ2) is 6.24. The molecule has 0 bridgehead atoms. The minimum atomic E-state index is -0.907. The number of esters is 2. The van der Waals surface area contributed by atoms with Gasteiger partial charge in [0.05, 0.1) is 17.4 Å². The first-order valence-corrected chi connectivity index (χ1v) is 8.94. The molecule has 1 saturated heterocycles. The molecule has 3 aliphatic rings. The van der Waals surface area contributed by atoms with E-state index in [4.69, 9.17) is 9.47 Å². The summed E-state index contributed by atoms with van der Waals surface area (Å²) in [5, 5.41) is 9.82. The fourth-order valence-corrected chi connectivity index (χ4v) is 5.10. The van der Waals surface area contributed by atoms with E-state index in [0.717, 1.165) is 0 Å².